The lowest BCUT2D eigenvalue weighted by Gasteiger charge is -2.48. The van der Waals surface area contributed by atoms with Crippen LogP contribution in [0.5, 0.6) is 0 Å². The molecule has 1 aliphatic heterocycles. The number of nitrogens with two attached hydrogens (primary N) is 1. The monoisotopic (exact) mass is 239 g/mol. The van der Waals surface area contributed by atoms with E-state index in [1.807, 2.05) is 0 Å². The van der Waals surface area contributed by atoms with Crippen molar-refractivity contribution in [2.75, 3.05) is 33.2 Å². The summed E-state index contributed by atoms with van der Waals surface area (Å²) in [4.78, 5) is 5.15. The molecule has 1 heterocycles. The Bertz CT molecular complexity index is 275. The molecule has 0 radical (unpaired) electrons. The Morgan fingerprint density at radius 3 is 2.53 bits per heavy atom. The molecule has 0 spiro atoms. The van der Waals surface area contributed by atoms with Crippen molar-refractivity contribution in [3.8, 4) is 0 Å². The second-order valence-corrected chi connectivity index (χ2v) is 6.70. The Labute approximate surface area is 106 Å². The predicted octanol–water partition coefficient (Wildman–Crippen LogP) is 1.53. The molecule has 2 aliphatic rings. The topological polar surface area (TPSA) is 32.5 Å². The smallest absolute Gasteiger partial charge is 0.0360 e. The maximum absolute atomic E-state index is 6.16. The van der Waals surface area contributed by atoms with Crippen molar-refractivity contribution in [1.82, 2.24) is 9.80 Å². The van der Waals surface area contributed by atoms with Crippen LogP contribution >= 0.6 is 0 Å². The second kappa shape index (κ2) is 4.52. The average Bonchev–Trinajstić information content (AvgIpc) is 3.04. The fourth-order valence-electron chi connectivity index (χ4n) is 3.54. The number of likely N-dealkylation sites (N-methyl/N-ethyl adjacent to an activating group) is 1. The van der Waals surface area contributed by atoms with Gasteiger partial charge in [-0.1, -0.05) is 6.92 Å². The zero-order valence-corrected chi connectivity index (χ0v) is 12.0. The summed E-state index contributed by atoms with van der Waals surface area (Å²) in [5.74, 6) is 0. The van der Waals surface area contributed by atoms with Crippen molar-refractivity contribution in [2.45, 2.75) is 51.6 Å². The van der Waals surface area contributed by atoms with Gasteiger partial charge < -0.3 is 10.6 Å². The maximum Gasteiger partial charge on any atom is 0.0360 e. The minimum absolute atomic E-state index is 0.192. The van der Waals surface area contributed by atoms with Crippen molar-refractivity contribution < 1.29 is 0 Å². The molecule has 2 rings (SSSR count). The van der Waals surface area contributed by atoms with E-state index in [1.54, 1.807) is 0 Å². The molecule has 0 amide bonds. The summed E-state index contributed by atoms with van der Waals surface area (Å²) in [6.07, 6.45) is 3.96. The van der Waals surface area contributed by atoms with Crippen LogP contribution in [-0.2, 0) is 0 Å². The molecule has 3 heteroatoms. The lowest BCUT2D eigenvalue weighted by atomic mass is 9.81. The molecule has 100 valence electrons. The predicted molar refractivity (Wildman–Crippen MR) is 73.1 cm³/mol. The van der Waals surface area contributed by atoms with Gasteiger partial charge in [0.2, 0.25) is 0 Å². The molecule has 1 aliphatic carbocycles. The summed E-state index contributed by atoms with van der Waals surface area (Å²) < 4.78 is 0. The summed E-state index contributed by atoms with van der Waals surface area (Å²) in [5.41, 5.74) is 6.81. The van der Waals surface area contributed by atoms with E-state index in [9.17, 15) is 0 Å². The molecule has 0 aromatic heterocycles. The maximum atomic E-state index is 6.16. The van der Waals surface area contributed by atoms with Crippen LogP contribution in [-0.4, -0.2) is 54.6 Å². The van der Waals surface area contributed by atoms with E-state index < -0.39 is 0 Å². The first-order valence-corrected chi connectivity index (χ1v) is 7.08. The first-order valence-electron chi connectivity index (χ1n) is 7.08. The van der Waals surface area contributed by atoms with E-state index in [0.29, 0.717) is 11.5 Å². The highest BCUT2D eigenvalue weighted by Crippen LogP contribution is 2.56. The highest BCUT2D eigenvalue weighted by atomic mass is 15.3. The fraction of sp³-hybridized carbons (Fsp3) is 1.00. The van der Waals surface area contributed by atoms with Crippen LogP contribution in [0.3, 0.4) is 0 Å². The molecular formula is C14H29N3. The molecule has 2 atom stereocenters. The first-order chi connectivity index (χ1) is 7.93. The van der Waals surface area contributed by atoms with E-state index in [1.165, 1.54) is 38.9 Å². The van der Waals surface area contributed by atoms with Gasteiger partial charge in [0, 0.05) is 31.2 Å². The first kappa shape index (κ1) is 13.3. The minimum atomic E-state index is 0.192. The van der Waals surface area contributed by atoms with Gasteiger partial charge in [0.05, 0.1) is 0 Å². The Hall–Kier alpha value is -0.120. The summed E-state index contributed by atoms with van der Waals surface area (Å²) in [5, 5.41) is 0. The van der Waals surface area contributed by atoms with Gasteiger partial charge in [0.25, 0.3) is 0 Å². The van der Waals surface area contributed by atoms with E-state index in [-0.39, 0.29) is 5.54 Å². The summed E-state index contributed by atoms with van der Waals surface area (Å²) in [6, 6.07) is 0.619. The highest BCUT2D eigenvalue weighted by molar-refractivity contribution is 5.10. The molecule has 1 saturated carbocycles. The fourth-order valence-corrected chi connectivity index (χ4v) is 3.54. The van der Waals surface area contributed by atoms with Crippen molar-refractivity contribution in [1.29, 1.82) is 0 Å². The van der Waals surface area contributed by atoms with Crippen LogP contribution in [0.2, 0.25) is 0 Å². The van der Waals surface area contributed by atoms with Crippen molar-refractivity contribution in [3.05, 3.63) is 0 Å². The van der Waals surface area contributed by atoms with E-state index in [0.717, 1.165) is 6.54 Å². The lowest BCUT2D eigenvalue weighted by Crippen LogP contribution is -2.60. The van der Waals surface area contributed by atoms with Gasteiger partial charge in [0.1, 0.15) is 0 Å². The molecule has 0 aromatic carbocycles. The summed E-state index contributed by atoms with van der Waals surface area (Å²) in [6.45, 7) is 11.6. The van der Waals surface area contributed by atoms with Crippen molar-refractivity contribution in [3.63, 3.8) is 0 Å². The second-order valence-electron chi connectivity index (χ2n) is 6.70. The SMILES string of the molecule is CC1CN(C)CCCN1C(C)(CN)C1(C)CC1. The minimum Gasteiger partial charge on any atom is -0.329 e. The van der Waals surface area contributed by atoms with Crippen molar-refractivity contribution in [2.24, 2.45) is 11.1 Å². The van der Waals surface area contributed by atoms with Crippen LogP contribution < -0.4 is 5.73 Å². The number of hydrogen-bond donors (Lipinski definition) is 1. The van der Waals surface area contributed by atoms with Gasteiger partial charge in [0.15, 0.2) is 0 Å². The summed E-state index contributed by atoms with van der Waals surface area (Å²) >= 11 is 0. The van der Waals surface area contributed by atoms with Crippen LogP contribution in [0, 0.1) is 5.41 Å². The third-order valence-electron chi connectivity index (χ3n) is 5.38. The quantitative estimate of drug-likeness (QED) is 0.811. The van der Waals surface area contributed by atoms with E-state index in [4.69, 9.17) is 5.73 Å². The van der Waals surface area contributed by atoms with Gasteiger partial charge >= 0.3 is 0 Å². The van der Waals surface area contributed by atoms with Crippen molar-refractivity contribution >= 4 is 0 Å². The Kier molecular flexibility index (Phi) is 3.54. The average molecular weight is 239 g/mol. The van der Waals surface area contributed by atoms with Crippen LogP contribution in [0.4, 0.5) is 0 Å². The number of nitrogens with zero attached hydrogens (tertiary/aromatic N) is 2. The molecule has 2 unspecified atom stereocenters. The molecule has 0 bridgehead atoms. The van der Waals surface area contributed by atoms with Gasteiger partial charge in [-0.2, -0.15) is 0 Å². The molecule has 0 aromatic rings. The highest BCUT2D eigenvalue weighted by Gasteiger charge is 2.55. The zero-order chi connectivity index (χ0) is 12.7. The lowest BCUT2D eigenvalue weighted by molar-refractivity contribution is 0.0178. The molecule has 2 fully saturated rings. The number of rotatable bonds is 3. The molecule has 2 N–H and O–H groups in total. The number of hydrogen-bond acceptors (Lipinski definition) is 3. The largest absolute Gasteiger partial charge is 0.329 e. The zero-order valence-electron chi connectivity index (χ0n) is 12.0. The third kappa shape index (κ3) is 2.25. The van der Waals surface area contributed by atoms with Crippen LogP contribution in [0.25, 0.3) is 0 Å². The summed E-state index contributed by atoms with van der Waals surface area (Å²) in [7, 11) is 2.23. The van der Waals surface area contributed by atoms with Crippen LogP contribution in [0.15, 0.2) is 0 Å². The van der Waals surface area contributed by atoms with E-state index >= 15 is 0 Å². The van der Waals surface area contributed by atoms with Gasteiger partial charge in [-0.05, 0) is 52.1 Å². The molecule has 3 nitrogen and oxygen atoms in total. The Morgan fingerprint density at radius 1 is 1.35 bits per heavy atom. The van der Waals surface area contributed by atoms with Crippen LogP contribution in [0.1, 0.15) is 40.0 Å². The van der Waals surface area contributed by atoms with Gasteiger partial charge in [-0.3, -0.25) is 4.90 Å². The standard InChI is InChI=1S/C14H29N3/c1-12-10-16(4)8-5-9-17(12)14(3,11-15)13(2)6-7-13/h12H,5-11,15H2,1-4H3. The van der Waals surface area contributed by atoms with Gasteiger partial charge in [-0.25, -0.2) is 0 Å². The third-order valence-corrected chi connectivity index (χ3v) is 5.38. The molecule has 1 saturated heterocycles. The molecular weight excluding hydrogens is 210 g/mol. The molecule has 17 heavy (non-hydrogen) atoms. The normalized spacial score (nSPS) is 34.1. The Balaban J connectivity index is 2.18. The van der Waals surface area contributed by atoms with E-state index in [2.05, 4.69) is 37.6 Å². The van der Waals surface area contributed by atoms with Gasteiger partial charge in [-0.15, -0.1) is 0 Å². The Morgan fingerprint density at radius 2 is 2.00 bits per heavy atom.